The third kappa shape index (κ3) is 4.98. The van der Waals surface area contributed by atoms with Crippen molar-refractivity contribution in [2.75, 3.05) is 11.9 Å². The van der Waals surface area contributed by atoms with Crippen molar-refractivity contribution in [2.45, 2.75) is 26.4 Å². The van der Waals surface area contributed by atoms with Gasteiger partial charge in [0.25, 0.3) is 0 Å². The number of benzene rings is 1. The van der Waals surface area contributed by atoms with Crippen molar-refractivity contribution in [2.24, 2.45) is 5.92 Å². The van der Waals surface area contributed by atoms with Gasteiger partial charge in [-0.3, -0.25) is 0 Å². The number of halogens is 2. The minimum atomic E-state index is 0.159. The van der Waals surface area contributed by atoms with Crippen LogP contribution in [0.4, 0.5) is 0 Å². The fourth-order valence-electron chi connectivity index (χ4n) is 1.35. The van der Waals surface area contributed by atoms with Crippen molar-refractivity contribution in [3.05, 3.63) is 34.3 Å². The molecule has 0 radical (unpaired) electrons. The van der Waals surface area contributed by atoms with Gasteiger partial charge in [0.1, 0.15) is 0 Å². The van der Waals surface area contributed by atoms with Crippen LogP contribution < -0.4 is 0 Å². The van der Waals surface area contributed by atoms with Gasteiger partial charge in [-0.15, -0.1) is 0 Å². The zero-order chi connectivity index (χ0) is 12.0. The van der Waals surface area contributed by atoms with E-state index in [0.29, 0.717) is 5.92 Å². The molecule has 0 spiro atoms. The van der Waals surface area contributed by atoms with Crippen molar-refractivity contribution in [1.82, 2.24) is 0 Å². The topological polar surface area (TPSA) is 9.23 Å². The van der Waals surface area contributed by atoms with E-state index < -0.39 is 0 Å². The Morgan fingerprint density at radius 1 is 1.19 bits per heavy atom. The van der Waals surface area contributed by atoms with Gasteiger partial charge in [0.2, 0.25) is 0 Å². The van der Waals surface area contributed by atoms with E-state index in [1.54, 1.807) is 0 Å². The van der Waals surface area contributed by atoms with E-state index >= 15 is 0 Å². The molecule has 0 aliphatic heterocycles. The summed E-state index contributed by atoms with van der Waals surface area (Å²) in [6.45, 7) is 5.25. The molecule has 1 rings (SSSR count). The summed E-state index contributed by atoms with van der Waals surface area (Å²) in [6, 6.07) is 8.31. The second-order valence-electron chi connectivity index (χ2n) is 4.25. The first-order valence-electron chi connectivity index (χ1n) is 5.56. The molecule has 0 saturated carbocycles. The summed E-state index contributed by atoms with van der Waals surface area (Å²) in [7, 11) is 0. The van der Waals surface area contributed by atoms with Crippen LogP contribution in [0, 0.1) is 5.92 Å². The predicted molar refractivity (Wildman–Crippen MR) is 76.1 cm³/mol. The van der Waals surface area contributed by atoms with Crippen LogP contribution >= 0.6 is 31.9 Å². The van der Waals surface area contributed by atoms with Gasteiger partial charge in [-0.2, -0.15) is 0 Å². The lowest BCUT2D eigenvalue weighted by Gasteiger charge is -2.16. The third-order valence-electron chi connectivity index (χ3n) is 2.40. The fraction of sp³-hybridized carbons (Fsp3) is 0.538. The summed E-state index contributed by atoms with van der Waals surface area (Å²) in [5.74, 6) is 0.695. The minimum absolute atomic E-state index is 0.159. The molecule has 0 aliphatic rings. The van der Waals surface area contributed by atoms with Gasteiger partial charge >= 0.3 is 0 Å². The Kier molecular flexibility index (Phi) is 6.62. The van der Waals surface area contributed by atoms with E-state index in [2.05, 4.69) is 70.0 Å². The number of hydrogen-bond acceptors (Lipinski definition) is 1. The molecule has 1 aromatic carbocycles. The van der Waals surface area contributed by atoms with E-state index in [1.807, 2.05) is 0 Å². The number of alkyl halides is 1. The highest BCUT2D eigenvalue weighted by Crippen LogP contribution is 2.22. The van der Waals surface area contributed by atoms with Gasteiger partial charge in [0.05, 0.1) is 6.10 Å². The van der Waals surface area contributed by atoms with Crippen LogP contribution in [0.25, 0.3) is 0 Å². The smallest absolute Gasteiger partial charge is 0.0921 e. The maximum Gasteiger partial charge on any atom is 0.0921 e. The lowest BCUT2D eigenvalue weighted by atomic mass is 10.1. The first kappa shape index (κ1) is 14.2. The van der Waals surface area contributed by atoms with E-state index in [4.69, 9.17) is 4.74 Å². The summed E-state index contributed by atoms with van der Waals surface area (Å²) >= 11 is 6.94. The van der Waals surface area contributed by atoms with Crippen LogP contribution in [0.3, 0.4) is 0 Å². The minimum Gasteiger partial charge on any atom is -0.373 e. The molecule has 16 heavy (non-hydrogen) atoms. The van der Waals surface area contributed by atoms with Crippen LogP contribution in [-0.4, -0.2) is 11.9 Å². The van der Waals surface area contributed by atoms with Crippen molar-refractivity contribution in [3.63, 3.8) is 0 Å². The molecule has 1 unspecified atom stereocenters. The zero-order valence-corrected chi connectivity index (χ0v) is 12.9. The molecular formula is C13H18Br2O. The van der Waals surface area contributed by atoms with Crippen molar-refractivity contribution < 1.29 is 4.74 Å². The second-order valence-corrected chi connectivity index (χ2v) is 5.81. The normalized spacial score (nSPS) is 13.1. The zero-order valence-electron chi connectivity index (χ0n) is 9.75. The van der Waals surface area contributed by atoms with Crippen LogP contribution in [0.2, 0.25) is 0 Å². The lowest BCUT2D eigenvalue weighted by molar-refractivity contribution is 0.0622. The largest absolute Gasteiger partial charge is 0.373 e. The Bertz CT molecular complexity index is 295. The summed E-state index contributed by atoms with van der Waals surface area (Å²) in [5, 5.41) is 0.840. The molecule has 0 heterocycles. The molecule has 90 valence electrons. The molecule has 0 bridgehead atoms. The molecule has 0 amide bonds. The Balaban J connectivity index is 2.50. The molecule has 0 saturated heterocycles. The summed E-state index contributed by atoms with van der Waals surface area (Å²) in [6.07, 6.45) is 1.27. The molecular weight excluding hydrogens is 332 g/mol. The average molecular weight is 350 g/mol. The van der Waals surface area contributed by atoms with Gasteiger partial charge in [0, 0.05) is 16.4 Å². The Morgan fingerprint density at radius 3 is 2.31 bits per heavy atom. The number of rotatable bonds is 6. The maximum atomic E-state index is 5.87. The van der Waals surface area contributed by atoms with Gasteiger partial charge in [-0.25, -0.2) is 0 Å². The quantitative estimate of drug-likeness (QED) is 0.660. The van der Waals surface area contributed by atoms with Crippen molar-refractivity contribution >= 4 is 31.9 Å². The van der Waals surface area contributed by atoms with Gasteiger partial charge in [0.15, 0.2) is 0 Å². The van der Waals surface area contributed by atoms with Crippen LogP contribution in [0.5, 0.6) is 0 Å². The van der Waals surface area contributed by atoms with E-state index in [9.17, 15) is 0 Å². The third-order valence-corrected chi connectivity index (χ3v) is 3.51. The number of ether oxygens (including phenoxy) is 1. The molecule has 1 aromatic rings. The number of hydrogen-bond donors (Lipinski definition) is 0. The standard InChI is InChI=1S/C13H18Br2O/c1-10(2)7-8-16-13(9-14)11-3-5-12(15)6-4-11/h3-6,10,13H,7-9H2,1-2H3. The highest BCUT2D eigenvalue weighted by molar-refractivity contribution is 9.10. The highest BCUT2D eigenvalue weighted by Gasteiger charge is 2.10. The van der Waals surface area contributed by atoms with Crippen molar-refractivity contribution in [3.8, 4) is 0 Å². The first-order valence-corrected chi connectivity index (χ1v) is 7.48. The van der Waals surface area contributed by atoms with Gasteiger partial charge in [-0.1, -0.05) is 57.8 Å². The Labute approximate surface area is 115 Å². The van der Waals surface area contributed by atoms with Crippen LogP contribution in [0.1, 0.15) is 31.9 Å². The first-order chi connectivity index (χ1) is 7.63. The summed E-state index contributed by atoms with van der Waals surface area (Å²) in [5.41, 5.74) is 1.23. The molecule has 0 aromatic heterocycles. The average Bonchev–Trinajstić information content (AvgIpc) is 2.26. The van der Waals surface area contributed by atoms with Crippen LogP contribution in [0.15, 0.2) is 28.7 Å². The van der Waals surface area contributed by atoms with Crippen molar-refractivity contribution in [1.29, 1.82) is 0 Å². The molecule has 1 nitrogen and oxygen atoms in total. The lowest BCUT2D eigenvalue weighted by Crippen LogP contribution is -2.08. The Hall–Kier alpha value is 0.140. The summed E-state index contributed by atoms with van der Waals surface area (Å²) in [4.78, 5) is 0. The molecule has 0 fully saturated rings. The molecule has 0 aliphatic carbocycles. The molecule has 0 N–H and O–H groups in total. The predicted octanol–water partition coefficient (Wildman–Crippen LogP) is 4.95. The monoisotopic (exact) mass is 348 g/mol. The molecule has 3 heteroatoms. The molecule has 1 atom stereocenters. The summed E-state index contributed by atoms with van der Waals surface area (Å²) < 4.78 is 6.97. The second kappa shape index (κ2) is 7.46. The van der Waals surface area contributed by atoms with Gasteiger partial charge in [-0.05, 0) is 30.0 Å². The van der Waals surface area contributed by atoms with Gasteiger partial charge < -0.3 is 4.74 Å². The van der Waals surface area contributed by atoms with Crippen LogP contribution in [-0.2, 0) is 4.74 Å². The Morgan fingerprint density at radius 2 is 1.81 bits per heavy atom. The van der Waals surface area contributed by atoms with E-state index in [0.717, 1.165) is 22.8 Å². The maximum absolute atomic E-state index is 5.87. The fourth-order valence-corrected chi connectivity index (χ4v) is 2.18. The SMILES string of the molecule is CC(C)CCOC(CBr)c1ccc(Br)cc1. The highest BCUT2D eigenvalue weighted by atomic mass is 79.9. The van der Waals surface area contributed by atoms with E-state index in [-0.39, 0.29) is 6.10 Å². The van der Waals surface area contributed by atoms with E-state index in [1.165, 1.54) is 5.56 Å².